The Morgan fingerprint density at radius 2 is 2.29 bits per heavy atom. The Kier molecular flexibility index (Phi) is 1.81. The highest BCUT2D eigenvalue weighted by Crippen LogP contribution is 2.11. The number of aromatic carboxylic acids is 1. The molecule has 14 heavy (non-hydrogen) atoms. The van der Waals surface area contributed by atoms with Crippen molar-refractivity contribution in [1.82, 2.24) is 0 Å². The Morgan fingerprint density at radius 1 is 1.50 bits per heavy atom. The molecule has 0 aliphatic heterocycles. The summed E-state index contributed by atoms with van der Waals surface area (Å²) in [7, 11) is 0. The van der Waals surface area contributed by atoms with Crippen LogP contribution < -0.4 is 5.63 Å². The Labute approximate surface area is 78.4 Å². The maximum atomic E-state index is 11.1. The summed E-state index contributed by atoms with van der Waals surface area (Å²) < 4.78 is 4.79. The molecule has 0 bridgehead atoms. The number of carboxylic acid groups (broad SMARTS) is 1. The predicted molar refractivity (Wildman–Crippen MR) is 48.3 cm³/mol. The van der Waals surface area contributed by atoms with Crippen LogP contribution >= 0.6 is 0 Å². The predicted octanol–water partition coefficient (Wildman–Crippen LogP) is 1.29. The quantitative estimate of drug-likeness (QED) is 0.686. The molecule has 0 saturated carbocycles. The lowest BCUT2D eigenvalue weighted by Gasteiger charge is -1.96. The highest BCUT2D eigenvalue weighted by atomic mass is 16.4. The third kappa shape index (κ3) is 1.26. The molecule has 1 aromatic heterocycles. The standard InChI is InChI=1S/C10H5O4/c11-9(12)7-5-6-3-1-2-4-8(6)14-10(7)13/h1,3-5H,(H,11,12). The Hall–Kier alpha value is -2.10. The van der Waals surface area contributed by atoms with Gasteiger partial charge in [0.25, 0.3) is 0 Å². The molecule has 4 heteroatoms. The van der Waals surface area contributed by atoms with Crippen molar-refractivity contribution in [2.45, 2.75) is 0 Å². The fourth-order valence-electron chi connectivity index (χ4n) is 1.15. The molecular weight excluding hydrogens is 184 g/mol. The van der Waals surface area contributed by atoms with Crippen molar-refractivity contribution in [2.24, 2.45) is 0 Å². The van der Waals surface area contributed by atoms with Gasteiger partial charge in [-0.2, -0.15) is 0 Å². The molecule has 1 aromatic carbocycles. The van der Waals surface area contributed by atoms with Gasteiger partial charge in [0.15, 0.2) is 0 Å². The van der Waals surface area contributed by atoms with E-state index in [0.717, 1.165) is 0 Å². The molecule has 69 valence electrons. The van der Waals surface area contributed by atoms with Gasteiger partial charge >= 0.3 is 11.6 Å². The van der Waals surface area contributed by atoms with Crippen molar-refractivity contribution >= 4 is 16.9 Å². The molecule has 2 rings (SSSR count). The second-order valence-corrected chi connectivity index (χ2v) is 2.72. The molecule has 0 saturated heterocycles. The largest absolute Gasteiger partial charge is 0.477 e. The van der Waals surface area contributed by atoms with Gasteiger partial charge in [0.1, 0.15) is 11.1 Å². The number of fused-ring (bicyclic) bond motifs is 1. The molecule has 0 unspecified atom stereocenters. The Bertz CT molecular complexity index is 553. The zero-order chi connectivity index (χ0) is 10.1. The normalized spacial score (nSPS) is 10.3. The average Bonchev–Trinajstić information content (AvgIpc) is 2.16. The molecule has 1 N–H and O–H groups in total. The van der Waals surface area contributed by atoms with Crippen LogP contribution in [-0.4, -0.2) is 11.1 Å². The van der Waals surface area contributed by atoms with E-state index in [1.165, 1.54) is 12.1 Å². The van der Waals surface area contributed by atoms with E-state index in [-0.39, 0.29) is 5.56 Å². The highest BCUT2D eigenvalue weighted by molar-refractivity contribution is 5.91. The van der Waals surface area contributed by atoms with Crippen LogP contribution in [0.15, 0.2) is 33.5 Å². The van der Waals surface area contributed by atoms with Crippen molar-refractivity contribution in [3.05, 3.63) is 46.3 Å². The van der Waals surface area contributed by atoms with E-state index in [0.29, 0.717) is 11.0 Å². The molecule has 2 aromatic rings. The molecule has 0 amide bonds. The Morgan fingerprint density at radius 3 is 3.00 bits per heavy atom. The molecule has 0 spiro atoms. The first-order chi connectivity index (χ1) is 6.68. The number of benzene rings is 1. The third-order valence-electron chi connectivity index (χ3n) is 1.81. The van der Waals surface area contributed by atoms with Crippen LogP contribution in [0.2, 0.25) is 0 Å². The van der Waals surface area contributed by atoms with Gasteiger partial charge < -0.3 is 9.52 Å². The first-order valence-corrected chi connectivity index (χ1v) is 3.86. The number of hydrogen-bond donors (Lipinski definition) is 1. The van der Waals surface area contributed by atoms with Gasteiger partial charge in [-0.1, -0.05) is 12.1 Å². The summed E-state index contributed by atoms with van der Waals surface area (Å²) >= 11 is 0. The highest BCUT2D eigenvalue weighted by Gasteiger charge is 2.11. The second-order valence-electron chi connectivity index (χ2n) is 2.72. The van der Waals surface area contributed by atoms with Gasteiger partial charge in [0, 0.05) is 5.39 Å². The lowest BCUT2D eigenvalue weighted by atomic mass is 10.2. The molecule has 4 nitrogen and oxygen atoms in total. The average molecular weight is 189 g/mol. The maximum Gasteiger partial charge on any atom is 0.351 e. The first kappa shape index (κ1) is 8.50. The summed E-state index contributed by atoms with van der Waals surface area (Å²) in [5, 5.41) is 9.23. The number of hydrogen-bond acceptors (Lipinski definition) is 3. The topological polar surface area (TPSA) is 67.5 Å². The third-order valence-corrected chi connectivity index (χ3v) is 1.81. The van der Waals surface area contributed by atoms with Crippen molar-refractivity contribution in [1.29, 1.82) is 0 Å². The SMILES string of the molecule is O=C(O)c1cc2cc[c]cc2oc1=O. The van der Waals surface area contributed by atoms with E-state index in [9.17, 15) is 9.59 Å². The minimum atomic E-state index is -1.28. The Balaban J connectivity index is 2.84. The fourth-order valence-corrected chi connectivity index (χ4v) is 1.15. The van der Waals surface area contributed by atoms with E-state index in [1.807, 2.05) is 0 Å². The molecule has 0 fully saturated rings. The van der Waals surface area contributed by atoms with E-state index < -0.39 is 11.6 Å². The number of carboxylic acids is 1. The molecular formula is C10H5O4. The van der Waals surface area contributed by atoms with Crippen LogP contribution in [0.5, 0.6) is 0 Å². The lowest BCUT2D eigenvalue weighted by Crippen LogP contribution is -2.12. The van der Waals surface area contributed by atoms with Gasteiger partial charge in [-0.15, -0.1) is 0 Å². The van der Waals surface area contributed by atoms with Crippen molar-refractivity contribution < 1.29 is 14.3 Å². The maximum absolute atomic E-state index is 11.1. The lowest BCUT2D eigenvalue weighted by molar-refractivity contribution is 0.0692. The minimum absolute atomic E-state index is 0.336. The summed E-state index contributed by atoms with van der Waals surface area (Å²) in [6.07, 6.45) is 0. The number of carbonyl (C=O) groups is 1. The molecule has 0 aliphatic rings. The zero-order valence-electron chi connectivity index (χ0n) is 6.98. The van der Waals surface area contributed by atoms with Gasteiger partial charge in [-0.3, -0.25) is 0 Å². The van der Waals surface area contributed by atoms with E-state index in [4.69, 9.17) is 9.52 Å². The van der Waals surface area contributed by atoms with E-state index in [1.54, 1.807) is 12.1 Å². The summed E-state index contributed by atoms with van der Waals surface area (Å²) in [5.74, 6) is -1.28. The van der Waals surface area contributed by atoms with Gasteiger partial charge in [0.2, 0.25) is 0 Å². The summed E-state index contributed by atoms with van der Waals surface area (Å²) in [5.41, 5.74) is -0.865. The van der Waals surface area contributed by atoms with Crippen molar-refractivity contribution in [3.63, 3.8) is 0 Å². The van der Waals surface area contributed by atoms with Crippen LogP contribution in [-0.2, 0) is 0 Å². The number of rotatable bonds is 1. The van der Waals surface area contributed by atoms with E-state index in [2.05, 4.69) is 6.07 Å². The fraction of sp³-hybridized carbons (Fsp3) is 0. The minimum Gasteiger partial charge on any atom is -0.477 e. The summed E-state index contributed by atoms with van der Waals surface area (Å²) in [6.45, 7) is 0. The molecule has 0 atom stereocenters. The summed E-state index contributed by atoms with van der Waals surface area (Å²) in [4.78, 5) is 21.7. The molecule has 0 aliphatic carbocycles. The second kappa shape index (κ2) is 2.99. The monoisotopic (exact) mass is 189 g/mol. The van der Waals surface area contributed by atoms with Gasteiger partial charge in [0.05, 0.1) is 0 Å². The van der Waals surface area contributed by atoms with Crippen LogP contribution in [0.25, 0.3) is 11.0 Å². The van der Waals surface area contributed by atoms with Crippen LogP contribution in [0.4, 0.5) is 0 Å². The van der Waals surface area contributed by atoms with Crippen molar-refractivity contribution in [2.75, 3.05) is 0 Å². The van der Waals surface area contributed by atoms with Crippen molar-refractivity contribution in [3.8, 4) is 0 Å². The smallest absolute Gasteiger partial charge is 0.351 e. The molecule has 1 heterocycles. The van der Waals surface area contributed by atoms with Crippen LogP contribution in [0.3, 0.4) is 0 Å². The van der Waals surface area contributed by atoms with Gasteiger partial charge in [-0.05, 0) is 18.2 Å². The molecule has 1 radical (unpaired) electrons. The zero-order valence-corrected chi connectivity index (χ0v) is 6.98. The summed E-state index contributed by atoms with van der Waals surface area (Å²) in [6, 6.07) is 8.76. The van der Waals surface area contributed by atoms with Crippen LogP contribution in [0, 0.1) is 6.07 Å². The van der Waals surface area contributed by atoms with E-state index >= 15 is 0 Å². The first-order valence-electron chi connectivity index (χ1n) is 3.86. The van der Waals surface area contributed by atoms with Gasteiger partial charge in [-0.25, -0.2) is 9.59 Å². The van der Waals surface area contributed by atoms with Crippen LogP contribution in [0.1, 0.15) is 10.4 Å².